The first-order chi connectivity index (χ1) is 9.63. The van der Waals surface area contributed by atoms with E-state index in [1.165, 1.54) is 0 Å². The molecule has 0 radical (unpaired) electrons. The number of rotatable bonds is 2. The minimum Gasteiger partial charge on any atom is -0.481 e. The van der Waals surface area contributed by atoms with Crippen molar-refractivity contribution < 1.29 is 9.90 Å². The lowest BCUT2D eigenvalue weighted by molar-refractivity contribution is -0.142. The van der Waals surface area contributed by atoms with Crippen molar-refractivity contribution in [2.24, 2.45) is 5.92 Å². The maximum atomic E-state index is 11.0. The maximum Gasteiger partial charge on any atom is 0.306 e. The van der Waals surface area contributed by atoms with Crippen LogP contribution in [0.2, 0.25) is 5.02 Å². The molecule has 2 heterocycles. The molecular formula is C15H15ClN2O2. The summed E-state index contributed by atoms with van der Waals surface area (Å²) < 4.78 is 0. The van der Waals surface area contributed by atoms with Gasteiger partial charge >= 0.3 is 5.97 Å². The predicted octanol–water partition coefficient (Wildman–Crippen LogP) is 3.19. The van der Waals surface area contributed by atoms with Gasteiger partial charge in [-0.3, -0.25) is 4.79 Å². The van der Waals surface area contributed by atoms with Crippen molar-refractivity contribution in [3.63, 3.8) is 0 Å². The lowest BCUT2D eigenvalue weighted by Crippen LogP contribution is -2.36. The third kappa shape index (κ3) is 2.56. The average Bonchev–Trinajstić information content (AvgIpc) is 2.46. The van der Waals surface area contributed by atoms with Crippen molar-refractivity contribution in [1.82, 2.24) is 4.98 Å². The molecule has 0 bridgehead atoms. The molecule has 1 N–H and O–H groups in total. The van der Waals surface area contributed by atoms with E-state index in [0.29, 0.717) is 17.9 Å². The number of nitrogens with zero attached hydrogens (tertiary/aromatic N) is 2. The fourth-order valence-corrected chi connectivity index (χ4v) is 2.78. The summed E-state index contributed by atoms with van der Waals surface area (Å²) in [7, 11) is 0. The number of carboxylic acid groups (broad SMARTS) is 1. The molecule has 0 aliphatic carbocycles. The number of carboxylic acids is 1. The number of halogens is 1. The molecule has 20 heavy (non-hydrogen) atoms. The number of fused-ring (bicyclic) bond motifs is 1. The Balaban J connectivity index is 1.82. The standard InChI is InChI=1S/C15H15ClN2O2/c16-12-3-1-10-2-4-14(17-13(10)9-12)18-7-5-11(6-8-18)15(19)20/h1-4,9,11H,5-8H2,(H,19,20). The SMILES string of the molecule is O=C(O)C1CCN(c2ccc3ccc(Cl)cc3n2)CC1. The van der Waals surface area contributed by atoms with Crippen LogP contribution in [0.1, 0.15) is 12.8 Å². The number of aliphatic carboxylic acids is 1. The molecular weight excluding hydrogens is 276 g/mol. The number of hydrogen-bond acceptors (Lipinski definition) is 3. The highest BCUT2D eigenvalue weighted by Gasteiger charge is 2.25. The first-order valence-electron chi connectivity index (χ1n) is 6.67. The first-order valence-corrected chi connectivity index (χ1v) is 7.05. The van der Waals surface area contributed by atoms with Crippen LogP contribution in [0, 0.1) is 5.92 Å². The smallest absolute Gasteiger partial charge is 0.306 e. The molecule has 2 aromatic rings. The van der Waals surface area contributed by atoms with E-state index in [2.05, 4.69) is 9.88 Å². The van der Waals surface area contributed by atoms with Gasteiger partial charge in [0.15, 0.2) is 0 Å². The molecule has 4 nitrogen and oxygen atoms in total. The Morgan fingerprint density at radius 2 is 1.95 bits per heavy atom. The van der Waals surface area contributed by atoms with Crippen LogP contribution >= 0.6 is 11.6 Å². The number of hydrogen-bond donors (Lipinski definition) is 1. The Hall–Kier alpha value is -1.81. The summed E-state index contributed by atoms with van der Waals surface area (Å²) in [6.45, 7) is 1.46. The minimum absolute atomic E-state index is 0.221. The lowest BCUT2D eigenvalue weighted by Gasteiger charge is -2.31. The van der Waals surface area contributed by atoms with Crippen LogP contribution < -0.4 is 4.90 Å². The lowest BCUT2D eigenvalue weighted by atomic mass is 9.97. The Morgan fingerprint density at radius 1 is 1.25 bits per heavy atom. The average molecular weight is 291 g/mol. The van der Waals surface area contributed by atoms with Gasteiger partial charge in [-0.25, -0.2) is 4.98 Å². The second kappa shape index (κ2) is 5.29. The Labute approximate surface area is 122 Å². The molecule has 1 aromatic heterocycles. The van der Waals surface area contributed by atoms with Gasteiger partial charge in [-0.1, -0.05) is 17.7 Å². The van der Waals surface area contributed by atoms with Crippen molar-refractivity contribution in [2.75, 3.05) is 18.0 Å². The van der Waals surface area contributed by atoms with E-state index < -0.39 is 5.97 Å². The summed E-state index contributed by atoms with van der Waals surface area (Å²) in [4.78, 5) is 17.7. The number of benzene rings is 1. The summed E-state index contributed by atoms with van der Waals surface area (Å²) in [6.07, 6.45) is 1.34. The van der Waals surface area contributed by atoms with Gasteiger partial charge < -0.3 is 10.0 Å². The van der Waals surface area contributed by atoms with Gasteiger partial charge in [0.1, 0.15) is 5.82 Å². The number of piperidine rings is 1. The zero-order valence-electron chi connectivity index (χ0n) is 10.9. The van der Waals surface area contributed by atoms with Crippen LogP contribution in [0.25, 0.3) is 10.9 Å². The van der Waals surface area contributed by atoms with Crippen LogP contribution in [0.5, 0.6) is 0 Å². The summed E-state index contributed by atoms with van der Waals surface area (Å²) in [6, 6.07) is 9.66. The molecule has 1 aromatic carbocycles. The highest BCUT2D eigenvalue weighted by atomic mass is 35.5. The summed E-state index contributed by atoms with van der Waals surface area (Å²) in [5.41, 5.74) is 0.871. The van der Waals surface area contributed by atoms with Gasteiger partial charge in [0.25, 0.3) is 0 Å². The van der Waals surface area contributed by atoms with Gasteiger partial charge in [0.05, 0.1) is 11.4 Å². The van der Waals surface area contributed by atoms with E-state index in [1.807, 2.05) is 30.3 Å². The monoisotopic (exact) mass is 290 g/mol. The maximum absolute atomic E-state index is 11.0. The van der Waals surface area contributed by atoms with Crippen molar-refractivity contribution in [3.05, 3.63) is 35.4 Å². The first kappa shape index (κ1) is 13.2. The predicted molar refractivity (Wildman–Crippen MR) is 79.3 cm³/mol. The van der Waals surface area contributed by atoms with Gasteiger partial charge in [-0.2, -0.15) is 0 Å². The summed E-state index contributed by atoms with van der Waals surface area (Å²) in [5.74, 6) is -0.0207. The fraction of sp³-hybridized carbons (Fsp3) is 0.333. The number of pyridine rings is 1. The number of carbonyl (C=O) groups is 1. The summed E-state index contributed by atoms with van der Waals surface area (Å²) >= 11 is 5.99. The summed E-state index contributed by atoms with van der Waals surface area (Å²) in [5, 5.41) is 10.7. The van der Waals surface area contributed by atoms with Crippen molar-refractivity contribution in [1.29, 1.82) is 0 Å². The molecule has 0 saturated carbocycles. The van der Waals surface area contributed by atoms with Crippen LogP contribution in [0.3, 0.4) is 0 Å². The second-order valence-corrected chi connectivity index (χ2v) is 5.54. The number of anilines is 1. The van der Waals surface area contributed by atoms with Crippen molar-refractivity contribution in [3.8, 4) is 0 Å². The zero-order valence-corrected chi connectivity index (χ0v) is 11.7. The molecule has 5 heteroatoms. The fourth-order valence-electron chi connectivity index (χ4n) is 2.61. The van der Waals surface area contributed by atoms with Gasteiger partial charge in [-0.15, -0.1) is 0 Å². The Morgan fingerprint density at radius 3 is 2.65 bits per heavy atom. The third-order valence-corrected chi connectivity index (χ3v) is 4.04. The van der Waals surface area contributed by atoms with E-state index in [-0.39, 0.29) is 5.92 Å². The molecule has 1 saturated heterocycles. The normalized spacial score (nSPS) is 16.6. The largest absolute Gasteiger partial charge is 0.481 e. The van der Waals surface area contributed by atoms with Crippen LogP contribution in [0.4, 0.5) is 5.82 Å². The molecule has 3 rings (SSSR count). The molecule has 0 atom stereocenters. The molecule has 1 aliphatic heterocycles. The van der Waals surface area contributed by atoms with Gasteiger partial charge in [-0.05, 0) is 37.1 Å². The molecule has 0 spiro atoms. The molecule has 104 valence electrons. The quantitative estimate of drug-likeness (QED) is 0.923. The number of aromatic nitrogens is 1. The topological polar surface area (TPSA) is 53.4 Å². The Kier molecular flexibility index (Phi) is 3.49. The van der Waals surface area contributed by atoms with Crippen LogP contribution in [-0.2, 0) is 4.79 Å². The highest BCUT2D eigenvalue weighted by Crippen LogP contribution is 2.25. The van der Waals surface area contributed by atoms with E-state index in [9.17, 15) is 4.79 Å². The van der Waals surface area contributed by atoms with Crippen LogP contribution in [-0.4, -0.2) is 29.1 Å². The van der Waals surface area contributed by atoms with Crippen molar-refractivity contribution >= 4 is 34.3 Å². The van der Waals surface area contributed by atoms with E-state index in [0.717, 1.165) is 29.8 Å². The zero-order chi connectivity index (χ0) is 14.1. The molecule has 0 unspecified atom stereocenters. The molecule has 0 amide bonds. The van der Waals surface area contributed by atoms with Crippen molar-refractivity contribution in [2.45, 2.75) is 12.8 Å². The van der Waals surface area contributed by atoms with Gasteiger partial charge in [0.2, 0.25) is 0 Å². The van der Waals surface area contributed by atoms with E-state index in [1.54, 1.807) is 0 Å². The minimum atomic E-state index is -0.692. The molecule has 1 fully saturated rings. The second-order valence-electron chi connectivity index (χ2n) is 5.11. The third-order valence-electron chi connectivity index (χ3n) is 3.81. The Bertz CT molecular complexity index is 651. The molecule has 1 aliphatic rings. The van der Waals surface area contributed by atoms with Gasteiger partial charge in [0, 0.05) is 23.5 Å². The highest BCUT2D eigenvalue weighted by molar-refractivity contribution is 6.31. The van der Waals surface area contributed by atoms with E-state index >= 15 is 0 Å². The van der Waals surface area contributed by atoms with E-state index in [4.69, 9.17) is 16.7 Å². The van der Waals surface area contributed by atoms with Crippen LogP contribution in [0.15, 0.2) is 30.3 Å².